The molecule has 20 heavy (non-hydrogen) atoms. The van der Waals surface area contributed by atoms with Crippen LogP contribution >= 0.6 is 0 Å². The highest BCUT2D eigenvalue weighted by Crippen LogP contribution is 2.50. The normalized spacial score (nSPS) is 18.6. The molecule has 0 aliphatic heterocycles. The molecular formula is C14H22N2O3S. The van der Waals surface area contributed by atoms with Crippen LogP contribution in [0.15, 0.2) is 12.4 Å². The van der Waals surface area contributed by atoms with Crippen LogP contribution in [0.1, 0.15) is 45.4 Å². The van der Waals surface area contributed by atoms with Gasteiger partial charge in [0.05, 0.1) is 19.0 Å². The molecule has 112 valence electrons. The zero-order valence-electron chi connectivity index (χ0n) is 12.3. The maximum absolute atomic E-state index is 11.8. The monoisotopic (exact) mass is 298 g/mol. The Morgan fingerprint density at radius 1 is 1.35 bits per heavy atom. The van der Waals surface area contributed by atoms with Gasteiger partial charge in [-0.2, -0.15) is 0 Å². The van der Waals surface area contributed by atoms with Gasteiger partial charge in [0.15, 0.2) is 15.6 Å². The summed E-state index contributed by atoms with van der Waals surface area (Å²) in [7, 11) is -3.15. The predicted octanol–water partition coefficient (Wildman–Crippen LogP) is 2.33. The van der Waals surface area contributed by atoms with Gasteiger partial charge in [-0.15, -0.1) is 0 Å². The van der Waals surface area contributed by atoms with Crippen LogP contribution in [0, 0.1) is 5.92 Å². The van der Waals surface area contributed by atoms with Crippen molar-refractivity contribution in [1.82, 2.24) is 9.97 Å². The molecule has 1 atom stereocenters. The molecule has 1 aromatic rings. The molecule has 1 saturated carbocycles. The predicted molar refractivity (Wildman–Crippen MR) is 77.4 cm³/mol. The van der Waals surface area contributed by atoms with Crippen molar-refractivity contribution in [3.63, 3.8) is 0 Å². The topological polar surface area (TPSA) is 69.2 Å². The van der Waals surface area contributed by atoms with Gasteiger partial charge >= 0.3 is 0 Å². The molecule has 0 spiro atoms. The van der Waals surface area contributed by atoms with Gasteiger partial charge in [-0.25, -0.2) is 18.4 Å². The van der Waals surface area contributed by atoms with E-state index in [0.717, 1.165) is 12.8 Å². The molecule has 0 amide bonds. The Bertz CT molecular complexity index is 550. The standard InChI is InChI=1S/C14H22N2O3S/c1-4-11(2)5-8-19-12-9-15-13(16-10-12)14(6-7-14)20(3,17)18/h9-11H,4-8H2,1-3H3. The first-order chi connectivity index (χ1) is 9.39. The molecule has 6 heteroatoms. The minimum absolute atomic E-state index is 0.397. The lowest BCUT2D eigenvalue weighted by Gasteiger charge is -2.12. The van der Waals surface area contributed by atoms with Crippen LogP contribution in [-0.4, -0.2) is 31.2 Å². The van der Waals surface area contributed by atoms with Gasteiger partial charge in [0.25, 0.3) is 0 Å². The van der Waals surface area contributed by atoms with E-state index in [9.17, 15) is 8.42 Å². The van der Waals surface area contributed by atoms with Crippen molar-refractivity contribution in [2.24, 2.45) is 5.92 Å². The minimum atomic E-state index is -3.15. The molecule has 0 saturated heterocycles. The lowest BCUT2D eigenvalue weighted by Crippen LogP contribution is -2.22. The van der Waals surface area contributed by atoms with E-state index in [1.165, 1.54) is 6.26 Å². The van der Waals surface area contributed by atoms with E-state index in [1.54, 1.807) is 12.4 Å². The van der Waals surface area contributed by atoms with Crippen molar-refractivity contribution >= 4 is 9.84 Å². The van der Waals surface area contributed by atoms with Gasteiger partial charge in [-0.3, -0.25) is 0 Å². The molecule has 1 aromatic heterocycles. The second kappa shape index (κ2) is 5.68. The van der Waals surface area contributed by atoms with E-state index in [2.05, 4.69) is 23.8 Å². The fourth-order valence-corrected chi connectivity index (χ4v) is 3.36. The summed E-state index contributed by atoms with van der Waals surface area (Å²) in [5, 5.41) is 0. The van der Waals surface area contributed by atoms with E-state index in [4.69, 9.17) is 4.74 Å². The van der Waals surface area contributed by atoms with E-state index < -0.39 is 14.6 Å². The number of rotatable bonds is 7. The lowest BCUT2D eigenvalue weighted by molar-refractivity contribution is 0.279. The van der Waals surface area contributed by atoms with Gasteiger partial charge in [0.1, 0.15) is 10.6 Å². The average molecular weight is 298 g/mol. The van der Waals surface area contributed by atoms with Crippen LogP contribution in [0.25, 0.3) is 0 Å². The SMILES string of the molecule is CCC(C)CCOc1cnc(C2(S(C)(=O)=O)CC2)nc1. The summed E-state index contributed by atoms with van der Waals surface area (Å²) in [5.74, 6) is 1.63. The maximum Gasteiger partial charge on any atom is 0.160 e. The summed E-state index contributed by atoms with van der Waals surface area (Å²) in [6, 6.07) is 0. The first-order valence-corrected chi connectivity index (χ1v) is 8.93. The van der Waals surface area contributed by atoms with Gasteiger partial charge in [0, 0.05) is 6.26 Å². The number of hydrogen-bond acceptors (Lipinski definition) is 5. The van der Waals surface area contributed by atoms with Crippen molar-refractivity contribution in [2.45, 2.75) is 44.3 Å². The zero-order chi connectivity index (χ0) is 14.8. The molecule has 1 unspecified atom stereocenters. The fourth-order valence-electron chi connectivity index (χ4n) is 2.08. The molecule has 1 aliphatic carbocycles. The van der Waals surface area contributed by atoms with Gasteiger partial charge in [0.2, 0.25) is 0 Å². The highest BCUT2D eigenvalue weighted by Gasteiger charge is 2.56. The zero-order valence-corrected chi connectivity index (χ0v) is 13.1. The van der Waals surface area contributed by atoms with Crippen molar-refractivity contribution in [2.75, 3.05) is 12.9 Å². The molecule has 1 fully saturated rings. The summed E-state index contributed by atoms with van der Waals surface area (Å²) in [6.07, 6.45) is 7.75. The van der Waals surface area contributed by atoms with Crippen LogP contribution in [0.2, 0.25) is 0 Å². The third-order valence-corrected chi connectivity index (χ3v) is 6.04. The van der Waals surface area contributed by atoms with Crippen molar-refractivity contribution in [3.05, 3.63) is 18.2 Å². The third-order valence-electron chi connectivity index (χ3n) is 4.03. The fraction of sp³-hybridized carbons (Fsp3) is 0.714. The Kier molecular flexibility index (Phi) is 4.32. The van der Waals surface area contributed by atoms with Gasteiger partial charge < -0.3 is 4.74 Å². The molecule has 2 rings (SSSR count). The molecule has 1 heterocycles. The summed E-state index contributed by atoms with van der Waals surface area (Å²) < 4.78 is 28.3. The van der Waals surface area contributed by atoms with Crippen LogP contribution < -0.4 is 4.74 Å². The molecule has 0 radical (unpaired) electrons. The second-order valence-electron chi connectivity index (χ2n) is 5.66. The smallest absolute Gasteiger partial charge is 0.160 e. The Labute approximate surface area is 120 Å². The van der Waals surface area contributed by atoms with Crippen molar-refractivity contribution in [1.29, 1.82) is 0 Å². The summed E-state index contributed by atoms with van der Waals surface area (Å²) >= 11 is 0. The number of aromatic nitrogens is 2. The first kappa shape index (κ1) is 15.2. The maximum atomic E-state index is 11.8. The summed E-state index contributed by atoms with van der Waals surface area (Å²) in [4.78, 5) is 8.36. The molecule has 0 N–H and O–H groups in total. The Morgan fingerprint density at radius 3 is 2.40 bits per heavy atom. The highest BCUT2D eigenvalue weighted by molar-refractivity contribution is 7.91. The molecular weight excluding hydrogens is 276 g/mol. The summed E-state index contributed by atoms with van der Waals surface area (Å²) in [5.41, 5.74) is 0. The molecule has 1 aliphatic rings. The quantitative estimate of drug-likeness (QED) is 0.772. The highest BCUT2D eigenvalue weighted by atomic mass is 32.2. The van der Waals surface area contributed by atoms with E-state index in [0.29, 0.717) is 36.9 Å². The summed E-state index contributed by atoms with van der Waals surface area (Å²) in [6.45, 7) is 4.98. The van der Waals surface area contributed by atoms with Crippen LogP contribution in [0.5, 0.6) is 5.75 Å². The average Bonchev–Trinajstić information content (AvgIpc) is 3.20. The number of nitrogens with zero attached hydrogens (tertiary/aromatic N) is 2. The first-order valence-electron chi connectivity index (χ1n) is 7.04. The van der Waals surface area contributed by atoms with E-state index in [-0.39, 0.29) is 0 Å². The molecule has 0 aromatic carbocycles. The van der Waals surface area contributed by atoms with Crippen LogP contribution in [-0.2, 0) is 14.6 Å². The Balaban J connectivity index is 1.98. The minimum Gasteiger partial charge on any atom is -0.490 e. The van der Waals surface area contributed by atoms with E-state index in [1.807, 2.05) is 0 Å². The number of sulfone groups is 1. The van der Waals surface area contributed by atoms with Gasteiger partial charge in [-0.1, -0.05) is 20.3 Å². The van der Waals surface area contributed by atoms with Crippen molar-refractivity contribution in [3.8, 4) is 5.75 Å². The molecule has 5 nitrogen and oxygen atoms in total. The lowest BCUT2D eigenvalue weighted by atomic mass is 10.1. The Morgan fingerprint density at radius 2 is 1.95 bits per heavy atom. The number of ether oxygens (including phenoxy) is 1. The van der Waals surface area contributed by atoms with Crippen molar-refractivity contribution < 1.29 is 13.2 Å². The largest absolute Gasteiger partial charge is 0.490 e. The van der Waals surface area contributed by atoms with Crippen LogP contribution in [0.3, 0.4) is 0 Å². The van der Waals surface area contributed by atoms with Gasteiger partial charge in [-0.05, 0) is 25.2 Å². The van der Waals surface area contributed by atoms with Crippen LogP contribution in [0.4, 0.5) is 0 Å². The second-order valence-corrected chi connectivity index (χ2v) is 7.99. The molecule has 0 bridgehead atoms. The third kappa shape index (κ3) is 3.11. The Hall–Kier alpha value is -1.17. The number of hydrogen-bond donors (Lipinski definition) is 0. The van der Waals surface area contributed by atoms with E-state index >= 15 is 0 Å².